The first-order chi connectivity index (χ1) is 10.4. The molecule has 1 aliphatic heterocycles. The van der Waals surface area contributed by atoms with Crippen molar-refractivity contribution in [2.75, 3.05) is 18.5 Å². The number of aliphatic hydroxyl groups excluding tert-OH is 1. The van der Waals surface area contributed by atoms with Crippen molar-refractivity contribution in [1.29, 1.82) is 0 Å². The van der Waals surface area contributed by atoms with E-state index in [-0.39, 0.29) is 29.6 Å². The molecule has 10 heteroatoms. The predicted octanol–water partition coefficient (Wildman–Crippen LogP) is 1.67. The highest BCUT2D eigenvalue weighted by molar-refractivity contribution is 9.10. The van der Waals surface area contributed by atoms with Crippen LogP contribution in [0.25, 0.3) is 0 Å². The molecule has 0 aromatic heterocycles. The lowest BCUT2D eigenvalue weighted by Crippen LogP contribution is -2.34. The summed E-state index contributed by atoms with van der Waals surface area (Å²) in [5, 5.41) is 22.4. The average Bonchev–Trinajstić information content (AvgIpc) is 2.70. The number of β-amino-alcohol motifs (C(OH)–C–C–N with tert-alkyl or cyclic N) is 1. The summed E-state index contributed by atoms with van der Waals surface area (Å²) in [5.41, 5.74) is -0.585. The zero-order valence-electron chi connectivity index (χ0n) is 10.9. The van der Waals surface area contributed by atoms with Crippen molar-refractivity contribution in [1.82, 2.24) is 4.90 Å². The van der Waals surface area contributed by atoms with E-state index in [2.05, 4.69) is 21.2 Å². The predicted molar refractivity (Wildman–Crippen MR) is 81.3 cm³/mol. The second-order valence-corrected chi connectivity index (χ2v) is 5.47. The van der Waals surface area contributed by atoms with Gasteiger partial charge < -0.3 is 10.4 Å². The Hall–Kier alpha value is -1.97. The molecule has 0 spiro atoms. The van der Waals surface area contributed by atoms with Gasteiger partial charge in [-0.2, -0.15) is 0 Å². The Balaban J connectivity index is 2.39. The molecule has 2 N–H and O–H groups in total. The number of benzene rings is 1. The van der Waals surface area contributed by atoms with Crippen LogP contribution in [-0.4, -0.2) is 39.9 Å². The number of nitrogens with zero attached hydrogens (tertiary/aromatic N) is 2. The second kappa shape index (κ2) is 6.42. The maximum Gasteiger partial charge on any atom is 0.312 e. The molecule has 0 saturated heterocycles. The largest absolute Gasteiger partial charge is 0.395 e. The summed E-state index contributed by atoms with van der Waals surface area (Å²) in [6, 6.07) is 2.81. The standard InChI is InChI=1S/C12H9BrClN3O5/c13-6-1-2-7(14)11(17(21)22)10(6)15-8-5-9(19)16(3-4-18)12(8)20/h1-2,5,15,18H,3-4H2. The van der Waals surface area contributed by atoms with Crippen LogP contribution in [0.4, 0.5) is 11.4 Å². The molecule has 1 aliphatic rings. The van der Waals surface area contributed by atoms with Crippen LogP contribution < -0.4 is 5.32 Å². The van der Waals surface area contributed by atoms with Gasteiger partial charge in [-0.25, -0.2) is 0 Å². The third kappa shape index (κ3) is 2.96. The summed E-state index contributed by atoms with van der Waals surface area (Å²) in [6.45, 7) is -0.530. The number of hydrogen-bond acceptors (Lipinski definition) is 6. The summed E-state index contributed by atoms with van der Waals surface area (Å²) < 4.78 is 0.311. The third-order valence-electron chi connectivity index (χ3n) is 2.85. The fraction of sp³-hybridized carbons (Fsp3) is 0.167. The van der Waals surface area contributed by atoms with E-state index in [0.29, 0.717) is 4.47 Å². The molecule has 2 rings (SSSR count). The fourth-order valence-electron chi connectivity index (χ4n) is 1.88. The Morgan fingerprint density at radius 2 is 2.09 bits per heavy atom. The molecule has 1 aromatic rings. The lowest BCUT2D eigenvalue weighted by Gasteiger charge is -2.14. The second-order valence-electron chi connectivity index (χ2n) is 4.21. The number of anilines is 1. The summed E-state index contributed by atoms with van der Waals surface area (Å²) in [5.74, 6) is -1.29. The first-order valence-electron chi connectivity index (χ1n) is 5.94. The van der Waals surface area contributed by atoms with Crippen molar-refractivity contribution < 1.29 is 19.6 Å². The zero-order valence-corrected chi connectivity index (χ0v) is 13.2. The number of aliphatic hydroxyl groups is 1. The maximum absolute atomic E-state index is 12.0. The molecule has 0 unspecified atom stereocenters. The van der Waals surface area contributed by atoms with E-state index < -0.39 is 22.4 Å². The summed E-state index contributed by atoms with van der Waals surface area (Å²) >= 11 is 8.94. The highest BCUT2D eigenvalue weighted by atomic mass is 79.9. The van der Waals surface area contributed by atoms with Crippen molar-refractivity contribution in [2.45, 2.75) is 0 Å². The molecule has 8 nitrogen and oxygen atoms in total. The smallest absolute Gasteiger partial charge is 0.312 e. The molecule has 1 aromatic carbocycles. The topological polar surface area (TPSA) is 113 Å². The minimum absolute atomic E-state index is 0.0317. The van der Waals surface area contributed by atoms with Gasteiger partial charge in [0.25, 0.3) is 11.8 Å². The normalized spacial score (nSPS) is 14.3. The number of rotatable bonds is 5. The lowest BCUT2D eigenvalue weighted by atomic mass is 10.2. The number of nitro groups is 1. The molecular weight excluding hydrogens is 382 g/mol. The number of nitro benzene ring substituents is 1. The van der Waals surface area contributed by atoms with E-state index in [9.17, 15) is 19.7 Å². The Morgan fingerprint density at radius 1 is 1.41 bits per heavy atom. The minimum atomic E-state index is -0.692. The maximum atomic E-state index is 12.0. The number of hydrogen-bond donors (Lipinski definition) is 2. The Kier molecular flexibility index (Phi) is 4.79. The van der Waals surface area contributed by atoms with Crippen molar-refractivity contribution in [3.63, 3.8) is 0 Å². The van der Waals surface area contributed by atoms with Gasteiger partial charge in [0.2, 0.25) is 0 Å². The van der Waals surface area contributed by atoms with E-state index in [0.717, 1.165) is 11.0 Å². The van der Waals surface area contributed by atoms with E-state index >= 15 is 0 Å². The van der Waals surface area contributed by atoms with Crippen LogP contribution in [0.3, 0.4) is 0 Å². The monoisotopic (exact) mass is 389 g/mol. The SMILES string of the molecule is O=C1C=C(Nc2c(Br)ccc(Cl)c2[N+](=O)[O-])C(=O)N1CCO. The van der Waals surface area contributed by atoms with Gasteiger partial charge in [-0.3, -0.25) is 24.6 Å². The molecular formula is C12H9BrClN3O5. The molecule has 1 heterocycles. The minimum Gasteiger partial charge on any atom is -0.395 e. The van der Waals surface area contributed by atoms with Crippen LogP contribution in [0.5, 0.6) is 0 Å². The quantitative estimate of drug-likeness (QED) is 0.449. The van der Waals surface area contributed by atoms with Crippen molar-refractivity contribution in [3.8, 4) is 0 Å². The average molecular weight is 391 g/mol. The molecule has 0 saturated carbocycles. The molecule has 2 amide bonds. The van der Waals surface area contributed by atoms with Crippen molar-refractivity contribution in [2.24, 2.45) is 0 Å². The highest BCUT2D eigenvalue weighted by Gasteiger charge is 2.33. The van der Waals surface area contributed by atoms with Crippen molar-refractivity contribution >= 4 is 50.7 Å². The Labute approximate surface area is 137 Å². The van der Waals surface area contributed by atoms with Gasteiger partial charge in [0, 0.05) is 10.5 Å². The van der Waals surface area contributed by atoms with Gasteiger partial charge in [-0.05, 0) is 28.1 Å². The lowest BCUT2D eigenvalue weighted by molar-refractivity contribution is -0.383. The van der Waals surface area contributed by atoms with Crippen LogP contribution in [-0.2, 0) is 9.59 Å². The molecule has 22 heavy (non-hydrogen) atoms. The van der Waals surface area contributed by atoms with Gasteiger partial charge >= 0.3 is 5.69 Å². The van der Waals surface area contributed by atoms with Crippen LogP contribution in [0.2, 0.25) is 5.02 Å². The molecule has 0 aliphatic carbocycles. The fourth-order valence-corrected chi connectivity index (χ4v) is 2.53. The highest BCUT2D eigenvalue weighted by Crippen LogP contribution is 2.39. The van der Waals surface area contributed by atoms with Crippen LogP contribution in [0, 0.1) is 10.1 Å². The summed E-state index contributed by atoms with van der Waals surface area (Å²) in [6.07, 6.45) is 1.01. The van der Waals surface area contributed by atoms with Crippen LogP contribution in [0.1, 0.15) is 0 Å². The molecule has 0 atom stereocenters. The number of nitrogens with one attached hydrogen (secondary N) is 1. The molecule has 0 radical (unpaired) electrons. The number of halogens is 2. The van der Waals surface area contributed by atoms with Gasteiger partial charge in [-0.1, -0.05) is 11.6 Å². The van der Waals surface area contributed by atoms with Crippen LogP contribution >= 0.6 is 27.5 Å². The number of carbonyl (C=O) groups is 2. The first kappa shape index (κ1) is 16.4. The zero-order chi connectivity index (χ0) is 16.4. The third-order valence-corrected chi connectivity index (χ3v) is 3.82. The summed E-state index contributed by atoms with van der Waals surface area (Å²) in [7, 11) is 0. The molecule has 0 bridgehead atoms. The van der Waals surface area contributed by atoms with Crippen LogP contribution in [0.15, 0.2) is 28.4 Å². The van der Waals surface area contributed by atoms with E-state index in [1.807, 2.05) is 0 Å². The van der Waals surface area contributed by atoms with Gasteiger partial charge in [0.1, 0.15) is 16.4 Å². The van der Waals surface area contributed by atoms with Gasteiger partial charge in [-0.15, -0.1) is 0 Å². The first-order valence-corrected chi connectivity index (χ1v) is 7.11. The molecule has 0 fully saturated rings. The van der Waals surface area contributed by atoms with E-state index in [4.69, 9.17) is 16.7 Å². The van der Waals surface area contributed by atoms with Gasteiger partial charge in [0.05, 0.1) is 18.1 Å². The summed E-state index contributed by atoms with van der Waals surface area (Å²) in [4.78, 5) is 34.9. The van der Waals surface area contributed by atoms with E-state index in [1.165, 1.54) is 12.1 Å². The molecule has 116 valence electrons. The van der Waals surface area contributed by atoms with E-state index in [1.54, 1.807) is 0 Å². The Bertz CT molecular complexity index is 706. The van der Waals surface area contributed by atoms with Crippen molar-refractivity contribution in [3.05, 3.63) is 43.5 Å². The van der Waals surface area contributed by atoms with Gasteiger partial charge in [0.15, 0.2) is 0 Å². The number of imide groups is 1. The Morgan fingerprint density at radius 3 is 2.68 bits per heavy atom. The number of amides is 2. The number of carbonyl (C=O) groups excluding carboxylic acids is 2.